The van der Waals surface area contributed by atoms with Crippen molar-refractivity contribution in [2.75, 3.05) is 33.4 Å². The Bertz CT molecular complexity index is 1190. The number of amides is 1. The van der Waals surface area contributed by atoms with Gasteiger partial charge in [0.05, 0.1) is 25.9 Å². The number of aryl methyl sites for hydroxylation is 1. The number of carbonyl (C=O) groups excluding carboxylic acids is 2. The van der Waals surface area contributed by atoms with E-state index in [2.05, 4.69) is 6.58 Å². The Hall–Kier alpha value is -3.68. The molecule has 0 spiro atoms. The Morgan fingerprint density at radius 3 is 2.64 bits per heavy atom. The van der Waals surface area contributed by atoms with Crippen molar-refractivity contribution in [3.05, 3.63) is 59.7 Å². The zero-order chi connectivity index (χ0) is 27.8. The van der Waals surface area contributed by atoms with E-state index in [9.17, 15) is 14.7 Å². The Balaban J connectivity index is 1.34. The van der Waals surface area contributed by atoms with Gasteiger partial charge in [-0.05, 0) is 55.9 Å². The highest BCUT2D eigenvalue weighted by Gasteiger charge is 2.44. The van der Waals surface area contributed by atoms with Crippen LogP contribution in [0.2, 0.25) is 0 Å². The maximum absolute atomic E-state index is 12.8. The first-order chi connectivity index (χ1) is 18.9. The van der Waals surface area contributed by atoms with Gasteiger partial charge in [-0.15, -0.1) is 6.58 Å². The minimum absolute atomic E-state index is 0.0410. The van der Waals surface area contributed by atoms with Crippen molar-refractivity contribution in [3.8, 4) is 23.0 Å². The van der Waals surface area contributed by atoms with Crippen LogP contribution in [0.3, 0.4) is 0 Å². The summed E-state index contributed by atoms with van der Waals surface area (Å²) in [6, 6.07) is 9.09. The molecule has 39 heavy (non-hydrogen) atoms. The molecule has 0 bridgehead atoms. The van der Waals surface area contributed by atoms with Crippen molar-refractivity contribution in [1.29, 1.82) is 0 Å². The lowest BCUT2D eigenvalue weighted by Crippen LogP contribution is -2.47. The van der Waals surface area contributed by atoms with Gasteiger partial charge in [0, 0.05) is 37.6 Å². The fourth-order valence-corrected chi connectivity index (χ4v) is 5.32. The average molecular weight is 538 g/mol. The summed E-state index contributed by atoms with van der Waals surface area (Å²) in [7, 11) is 1.39. The standard InChI is InChI=1S/C31H39NO7/c1-4-9-24-26(13-12-25(28(24)33)29(34)32-17-6-7-18-32)38-20-8-19-37-23-11-10-22-14-16-31(15-5-2,30(35)36-3)39-27(22)21-23/h4,10-13,21,33H,1,5-9,14-20H2,2-3H3. The van der Waals surface area contributed by atoms with Gasteiger partial charge < -0.3 is 29.0 Å². The van der Waals surface area contributed by atoms with E-state index in [1.165, 1.54) is 7.11 Å². The number of carbonyl (C=O) groups is 2. The van der Waals surface area contributed by atoms with Crippen LogP contribution < -0.4 is 14.2 Å². The Kier molecular flexibility index (Phi) is 9.38. The molecule has 8 heteroatoms. The number of esters is 1. The molecule has 4 rings (SSSR count). The van der Waals surface area contributed by atoms with Crippen molar-refractivity contribution < 1.29 is 33.6 Å². The molecule has 1 fully saturated rings. The highest BCUT2D eigenvalue weighted by Crippen LogP contribution is 2.39. The molecule has 0 saturated carbocycles. The molecule has 210 valence electrons. The van der Waals surface area contributed by atoms with E-state index in [0.717, 1.165) is 31.2 Å². The summed E-state index contributed by atoms with van der Waals surface area (Å²) in [6.07, 6.45) is 7.38. The topological polar surface area (TPSA) is 94.5 Å². The smallest absolute Gasteiger partial charge is 0.350 e. The molecule has 2 aromatic carbocycles. The van der Waals surface area contributed by atoms with Crippen molar-refractivity contribution in [3.63, 3.8) is 0 Å². The number of allylic oxidation sites excluding steroid dienone is 1. The number of benzene rings is 2. The highest BCUT2D eigenvalue weighted by atomic mass is 16.6. The summed E-state index contributed by atoms with van der Waals surface area (Å²) in [4.78, 5) is 27.1. The number of methoxy groups -OCH3 is 1. The van der Waals surface area contributed by atoms with E-state index >= 15 is 0 Å². The number of nitrogens with zero attached hydrogens (tertiary/aromatic N) is 1. The third-order valence-electron chi connectivity index (χ3n) is 7.38. The van der Waals surface area contributed by atoms with Crippen LogP contribution in [0, 0.1) is 0 Å². The van der Waals surface area contributed by atoms with Gasteiger partial charge in [0.15, 0.2) is 0 Å². The predicted octanol–water partition coefficient (Wildman–Crippen LogP) is 5.24. The van der Waals surface area contributed by atoms with E-state index in [0.29, 0.717) is 80.4 Å². The van der Waals surface area contributed by atoms with Crippen molar-refractivity contribution in [2.24, 2.45) is 0 Å². The molecule has 2 aliphatic heterocycles. The number of hydrogen-bond acceptors (Lipinski definition) is 7. The van der Waals surface area contributed by atoms with Crippen molar-refractivity contribution in [2.45, 2.75) is 63.9 Å². The number of ether oxygens (including phenoxy) is 4. The molecule has 1 N–H and O–H groups in total. The molecule has 1 saturated heterocycles. The number of phenols is 1. The van der Waals surface area contributed by atoms with Gasteiger partial charge in [-0.3, -0.25) is 4.79 Å². The van der Waals surface area contributed by atoms with Crippen LogP contribution in [0.15, 0.2) is 43.0 Å². The lowest BCUT2D eigenvalue weighted by atomic mass is 9.87. The van der Waals surface area contributed by atoms with Gasteiger partial charge in [-0.2, -0.15) is 0 Å². The van der Waals surface area contributed by atoms with Gasteiger partial charge in [0.25, 0.3) is 5.91 Å². The molecule has 0 aromatic heterocycles. The average Bonchev–Trinajstić information content (AvgIpc) is 3.49. The molecule has 0 radical (unpaired) electrons. The number of aromatic hydroxyl groups is 1. The number of rotatable bonds is 12. The van der Waals surface area contributed by atoms with Gasteiger partial charge in [0.2, 0.25) is 5.60 Å². The van der Waals surface area contributed by atoms with Gasteiger partial charge >= 0.3 is 5.97 Å². The van der Waals surface area contributed by atoms with Crippen LogP contribution in [0.1, 0.15) is 66.9 Å². The van der Waals surface area contributed by atoms with Crippen LogP contribution in [-0.4, -0.2) is 60.9 Å². The zero-order valence-electron chi connectivity index (χ0n) is 23.0. The van der Waals surface area contributed by atoms with E-state index in [1.807, 2.05) is 25.1 Å². The zero-order valence-corrected chi connectivity index (χ0v) is 23.0. The van der Waals surface area contributed by atoms with E-state index < -0.39 is 5.60 Å². The van der Waals surface area contributed by atoms with Crippen LogP contribution in [0.25, 0.3) is 0 Å². The Morgan fingerprint density at radius 1 is 1.15 bits per heavy atom. The third kappa shape index (κ3) is 6.32. The van der Waals surface area contributed by atoms with E-state index in [1.54, 1.807) is 23.1 Å². The van der Waals surface area contributed by atoms with E-state index in [-0.39, 0.29) is 17.6 Å². The fraction of sp³-hybridized carbons (Fsp3) is 0.484. The maximum atomic E-state index is 12.8. The highest BCUT2D eigenvalue weighted by molar-refractivity contribution is 5.97. The van der Waals surface area contributed by atoms with Crippen LogP contribution in [-0.2, 0) is 22.4 Å². The maximum Gasteiger partial charge on any atom is 0.350 e. The quantitative estimate of drug-likeness (QED) is 0.225. The molecule has 2 aliphatic rings. The SMILES string of the molecule is C=CCc1c(OCCCOc2ccc3c(c2)OC(CCC)(C(=O)OC)CC3)ccc(C(=O)N2CCCC2)c1O. The summed E-state index contributed by atoms with van der Waals surface area (Å²) in [5.74, 6) is 1.31. The second-order valence-electron chi connectivity index (χ2n) is 10.1. The number of phenolic OH excluding ortho intramolecular Hbond substituents is 1. The molecule has 2 heterocycles. The van der Waals surface area contributed by atoms with Gasteiger partial charge in [0.1, 0.15) is 23.0 Å². The second kappa shape index (κ2) is 12.9. The molecule has 0 aliphatic carbocycles. The Morgan fingerprint density at radius 2 is 1.92 bits per heavy atom. The van der Waals surface area contributed by atoms with Gasteiger partial charge in [-0.25, -0.2) is 4.79 Å². The molecular weight excluding hydrogens is 498 g/mol. The van der Waals surface area contributed by atoms with Crippen LogP contribution >= 0.6 is 0 Å². The number of likely N-dealkylation sites (tertiary alicyclic amines) is 1. The summed E-state index contributed by atoms with van der Waals surface area (Å²) in [5.41, 5.74) is 0.951. The molecule has 1 atom stereocenters. The minimum Gasteiger partial charge on any atom is -0.507 e. The third-order valence-corrected chi connectivity index (χ3v) is 7.38. The largest absolute Gasteiger partial charge is 0.507 e. The Labute approximate surface area is 230 Å². The normalized spacial score (nSPS) is 18.2. The minimum atomic E-state index is -0.952. The molecule has 1 unspecified atom stereocenters. The molecule has 1 amide bonds. The summed E-state index contributed by atoms with van der Waals surface area (Å²) in [6.45, 7) is 8.01. The second-order valence-corrected chi connectivity index (χ2v) is 10.1. The number of fused-ring (bicyclic) bond motifs is 1. The van der Waals surface area contributed by atoms with Gasteiger partial charge in [-0.1, -0.05) is 25.5 Å². The lowest BCUT2D eigenvalue weighted by molar-refractivity contribution is -0.161. The predicted molar refractivity (Wildman–Crippen MR) is 148 cm³/mol. The van der Waals surface area contributed by atoms with Crippen molar-refractivity contribution >= 4 is 11.9 Å². The monoisotopic (exact) mass is 537 g/mol. The summed E-state index contributed by atoms with van der Waals surface area (Å²) >= 11 is 0. The lowest BCUT2D eigenvalue weighted by Gasteiger charge is -2.36. The first-order valence-corrected chi connectivity index (χ1v) is 13.8. The van der Waals surface area contributed by atoms with Crippen LogP contribution in [0.5, 0.6) is 23.0 Å². The first kappa shape index (κ1) is 28.3. The molecule has 8 nitrogen and oxygen atoms in total. The fourth-order valence-electron chi connectivity index (χ4n) is 5.32. The molecule has 2 aromatic rings. The summed E-state index contributed by atoms with van der Waals surface area (Å²) in [5, 5.41) is 10.9. The first-order valence-electron chi connectivity index (χ1n) is 13.8. The van der Waals surface area contributed by atoms with E-state index in [4.69, 9.17) is 18.9 Å². The summed E-state index contributed by atoms with van der Waals surface area (Å²) < 4.78 is 23.2. The molecular formula is C31H39NO7. The number of hydrogen-bond donors (Lipinski definition) is 1. The van der Waals surface area contributed by atoms with Crippen molar-refractivity contribution in [1.82, 2.24) is 4.90 Å². The van der Waals surface area contributed by atoms with Crippen LogP contribution in [0.4, 0.5) is 0 Å².